The second-order valence-corrected chi connectivity index (χ2v) is 7.95. The quantitative estimate of drug-likeness (QED) is 0.638. The fraction of sp³-hybridized carbons (Fsp3) is 0.316. The predicted octanol–water partition coefficient (Wildman–Crippen LogP) is 3.22. The monoisotopic (exact) mass is 436 g/mol. The average Bonchev–Trinajstić information content (AvgIpc) is 3.14. The minimum absolute atomic E-state index is 0.0425. The number of alkyl halides is 1. The van der Waals surface area contributed by atoms with Crippen LogP contribution < -0.4 is 16.0 Å². The van der Waals surface area contributed by atoms with E-state index in [-0.39, 0.29) is 27.9 Å². The van der Waals surface area contributed by atoms with Crippen molar-refractivity contribution in [3.8, 4) is 0 Å². The number of nitrogens with zero attached hydrogens (tertiary/aromatic N) is 1. The Hall–Kier alpha value is -3.34. The van der Waals surface area contributed by atoms with Crippen LogP contribution >= 0.6 is 11.3 Å². The molecule has 2 aromatic heterocycles. The number of anilines is 2. The van der Waals surface area contributed by atoms with E-state index in [4.69, 9.17) is 0 Å². The van der Waals surface area contributed by atoms with Gasteiger partial charge in [-0.05, 0) is 23.6 Å². The molecule has 0 unspecified atom stereocenters. The third-order valence-corrected chi connectivity index (χ3v) is 4.44. The number of hydrogen-bond donors (Lipinski definition) is 3. The lowest BCUT2D eigenvalue weighted by Gasteiger charge is -2.17. The Labute approximate surface area is 176 Å². The van der Waals surface area contributed by atoms with Crippen molar-refractivity contribution in [1.82, 2.24) is 10.3 Å². The number of halogens is 1. The minimum atomic E-state index is -1.09. The highest BCUT2D eigenvalue weighted by atomic mass is 32.1. The van der Waals surface area contributed by atoms with Crippen molar-refractivity contribution in [3.63, 3.8) is 0 Å². The van der Waals surface area contributed by atoms with Crippen LogP contribution in [0.5, 0.6) is 0 Å². The zero-order valence-electron chi connectivity index (χ0n) is 16.6. The van der Waals surface area contributed by atoms with Gasteiger partial charge in [0.1, 0.15) is 24.1 Å². The van der Waals surface area contributed by atoms with E-state index >= 15 is 0 Å². The zero-order chi connectivity index (χ0) is 22.3. The van der Waals surface area contributed by atoms with Gasteiger partial charge in [-0.2, -0.15) is 0 Å². The number of ether oxygens (including phenoxy) is 1. The first kappa shape index (κ1) is 22.9. The highest BCUT2D eigenvalue weighted by Gasteiger charge is 2.22. The van der Waals surface area contributed by atoms with Crippen molar-refractivity contribution >= 4 is 46.0 Å². The van der Waals surface area contributed by atoms with E-state index in [1.165, 1.54) is 24.4 Å². The van der Waals surface area contributed by atoms with Crippen molar-refractivity contribution in [3.05, 3.63) is 40.9 Å². The van der Waals surface area contributed by atoms with Crippen LogP contribution in [0, 0.1) is 5.41 Å². The van der Waals surface area contributed by atoms with Gasteiger partial charge in [-0.15, -0.1) is 11.3 Å². The molecular weight excluding hydrogens is 415 g/mol. The van der Waals surface area contributed by atoms with Crippen LogP contribution in [-0.4, -0.2) is 42.1 Å². The van der Waals surface area contributed by atoms with E-state index in [0.29, 0.717) is 0 Å². The summed E-state index contributed by atoms with van der Waals surface area (Å²) in [5.41, 5.74) is -0.387. The first-order valence-electron chi connectivity index (χ1n) is 8.82. The Kier molecular flexibility index (Phi) is 7.59. The molecule has 4 amide bonds. The minimum Gasteiger partial charge on any atom is -0.446 e. The van der Waals surface area contributed by atoms with E-state index in [2.05, 4.69) is 20.4 Å². The summed E-state index contributed by atoms with van der Waals surface area (Å²) in [4.78, 5) is 52.3. The number of thiophene rings is 1. The van der Waals surface area contributed by atoms with Crippen LogP contribution in [0.3, 0.4) is 0 Å². The Morgan fingerprint density at radius 2 is 1.87 bits per heavy atom. The molecule has 2 aromatic rings. The van der Waals surface area contributed by atoms with Crippen LogP contribution in [0.1, 0.15) is 41.5 Å². The van der Waals surface area contributed by atoms with Gasteiger partial charge in [0.05, 0.1) is 5.56 Å². The maximum atomic E-state index is 12.6. The molecule has 160 valence electrons. The molecule has 0 atom stereocenters. The van der Waals surface area contributed by atoms with Crippen molar-refractivity contribution in [2.45, 2.75) is 20.8 Å². The molecule has 0 aliphatic rings. The molecule has 11 heteroatoms. The number of carbonyl (C=O) groups excluding carboxylic acids is 4. The normalized spacial score (nSPS) is 10.8. The maximum Gasteiger partial charge on any atom is 0.414 e. The Morgan fingerprint density at radius 3 is 2.53 bits per heavy atom. The van der Waals surface area contributed by atoms with Gasteiger partial charge in [0, 0.05) is 17.2 Å². The largest absolute Gasteiger partial charge is 0.446 e. The number of imide groups is 1. The van der Waals surface area contributed by atoms with E-state index in [0.717, 1.165) is 11.3 Å². The second-order valence-electron chi connectivity index (χ2n) is 7.03. The first-order valence-corrected chi connectivity index (χ1v) is 9.70. The van der Waals surface area contributed by atoms with E-state index in [1.54, 1.807) is 26.2 Å². The van der Waals surface area contributed by atoms with Crippen molar-refractivity contribution < 1.29 is 28.3 Å². The van der Waals surface area contributed by atoms with Gasteiger partial charge in [0.2, 0.25) is 5.91 Å². The predicted molar refractivity (Wildman–Crippen MR) is 109 cm³/mol. The van der Waals surface area contributed by atoms with Crippen molar-refractivity contribution in [1.29, 1.82) is 0 Å². The molecule has 0 aliphatic carbocycles. The van der Waals surface area contributed by atoms with Gasteiger partial charge in [-0.25, -0.2) is 14.2 Å². The summed E-state index contributed by atoms with van der Waals surface area (Å²) < 4.78 is 16.5. The first-order chi connectivity index (χ1) is 14.1. The summed E-state index contributed by atoms with van der Waals surface area (Å²) in [7, 11) is 0. The molecule has 2 heterocycles. The number of pyridine rings is 1. The van der Waals surface area contributed by atoms with Gasteiger partial charge < -0.3 is 15.4 Å². The summed E-state index contributed by atoms with van der Waals surface area (Å²) in [5.74, 6) is -1.39. The molecule has 3 N–H and O–H groups in total. The van der Waals surface area contributed by atoms with Crippen molar-refractivity contribution in [2.24, 2.45) is 5.41 Å². The molecule has 0 saturated heterocycles. The number of alkyl carbamates (subject to hydrolysis) is 1. The van der Waals surface area contributed by atoms with Crippen LogP contribution in [0.15, 0.2) is 29.8 Å². The van der Waals surface area contributed by atoms with Crippen LogP contribution in [0.4, 0.5) is 20.0 Å². The Balaban J connectivity index is 2.08. The lowest BCUT2D eigenvalue weighted by Crippen LogP contribution is -2.31. The van der Waals surface area contributed by atoms with Crippen LogP contribution in [-0.2, 0) is 9.53 Å². The molecule has 2 rings (SSSR count). The van der Waals surface area contributed by atoms with Gasteiger partial charge >= 0.3 is 6.09 Å². The highest BCUT2D eigenvalue weighted by Crippen LogP contribution is 2.24. The molecule has 0 aliphatic heterocycles. The highest BCUT2D eigenvalue weighted by molar-refractivity contribution is 7.14. The Bertz CT molecular complexity index is 954. The lowest BCUT2D eigenvalue weighted by molar-refractivity contribution is -0.123. The molecule has 0 radical (unpaired) electrons. The van der Waals surface area contributed by atoms with E-state index < -0.39 is 36.6 Å². The SMILES string of the molecule is CC(C)(C)C(=O)Nc1cc(C(=O)Nc2sccc2C(=O)NC(=O)OCCF)ccn1. The summed E-state index contributed by atoms with van der Waals surface area (Å²) in [5, 5.41) is 8.92. The number of nitrogens with one attached hydrogen (secondary N) is 3. The number of rotatable bonds is 6. The topological polar surface area (TPSA) is 126 Å². The Morgan fingerprint density at radius 1 is 1.13 bits per heavy atom. The lowest BCUT2D eigenvalue weighted by atomic mass is 9.96. The molecule has 0 saturated carbocycles. The number of aromatic nitrogens is 1. The molecule has 0 aromatic carbocycles. The average molecular weight is 436 g/mol. The number of amides is 4. The van der Waals surface area contributed by atoms with Gasteiger partial charge in [-0.3, -0.25) is 19.7 Å². The van der Waals surface area contributed by atoms with Gasteiger partial charge in [0.25, 0.3) is 11.8 Å². The summed E-state index contributed by atoms with van der Waals surface area (Å²) in [6, 6.07) is 4.27. The summed E-state index contributed by atoms with van der Waals surface area (Å²) in [6.07, 6.45) is 0.283. The van der Waals surface area contributed by atoms with Gasteiger partial charge in [0.15, 0.2) is 0 Å². The summed E-state index contributed by atoms with van der Waals surface area (Å²) >= 11 is 1.07. The number of hydrogen-bond acceptors (Lipinski definition) is 7. The van der Waals surface area contributed by atoms with Crippen LogP contribution in [0.2, 0.25) is 0 Å². The molecular formula is C19H21FN4O5S. The molecule has 9 nitrogen and oxygen atoms in total. The second kappa shape index (κ2) is 9.92. The fourth-order valence-electron chi connectivity index (χ4n) is 2.03. The maximum absolute atomic E-state index is 12.6. The van der Waals surface area contributed by atoms with E-state index in [9.17, 15) is 23.6 Å². The summed E-state index contributed by atoms with van der Waals surface area (Å²) in [6.45, 7) is 3.90. The molecule has 0 fully saturated rings. The third-order valence-electron chi connectivity index (χ3n) is 3.61. The van der Waals surface area contributed by atoms with E-state index in [1.807, 2.05) is 5.32 Å². The zero-order valence-corrected chi connectivity index (χ0v) is 17.4. The molecule has 0 bridgehead atoms. The number of carbonyl (C=O) groups is 4. The molecule has 0 spiro atoms. The van der Waals surface area contributed by atoms with Crippen molar-refractivity contribution in [2.75, 3.05) is 23.9 Å². The van der Waals surface area contributed by atoms with Gasteiger partial charge in [-0.1, -0.05) is 20.8 Å². The smallest absolute Gasteiger partial charge is 0.414 e. The standard InChI is InChI=1S/C19H21FN4O5S/c1-19(2,3)17(27)22-13-10-11(4-7-21-13)14(25)23-16-12(5-9-30-16)15(26)24-18(28)29-8-6-20/h4-5,7,9-10H,6,8H2,1-3H3,(H,23,25)(H,21,22,27)(H,24,26,28). The van der Waals surface area contributed by atoms with Crippen LogP contribution in [0.25, 0.3) is 0 Å². The molecule has 30 heavy (non-hydrogen) atoms. The fourth-order valence-corrected chi connectivity index (χ4v) is 2.81. The third kappa shape index (κ3) is 6.34.